The second-order valence-electron chi connectivity index (χ2n) is 8.84. The van der Waals surface area contributed by atoms with E-state index >= 15 is 0 Å². The molecule has 7 heteroatoms. The van der Waals surface area contributed by atoms with E-state index < -0.39 is 0 Å². The predicted octanol–water partition coefficient (Wildman–Crippen LogP) is 4.11. The minimum absolute atomic E-state index is 0.367. The molecule has 1 aliphatic carbocycles. The van der Waals surface area contributed by atoms with Crippen molar-refractivity contribution in [3.05, 3.63) is 35.4 Å². The van der Waals surface area contributed by atoms with Crippen LogP contribution in [0.5, 0.6) is 0 Å². The Bertz CT molecular complexity index is 834. The zero-order chi connectivity index (χ0) is 20.9. The number of aromatic nitrogens is 3. The Balaban J connectivity index is 1.48. The van der Waals surface area contributed by atoms with Crippen molar-refractivity contribution >= 4 is 17.4 Å². The van der Waals surface area contributed by atoms with Crippen LogP contribution in [0.4, 0.5) is 5.82 Å². The first-order valence-electron chi connectivity index (χ1n) is 11.1. The maximum absolute atomic E-state index is 6.51. The van der Waals surface area contributed by atoms with E-state index in [1.165, 1.54) is 12.8 Å². The number of pyridine rings is 1. The Labute approximate surface area is 184 Å². The smallest absolute Gasteiger partial charge is 0.147 e. The van der Waals surface area contributed by atoms with Crippen molar-refractivity contribution in [3.63, 3.8) is 0 Å². The van der Waals surface area contributed by atoms with E-state index in [9.17, 15) is 0 Å². The first kappa shape index (κ1) is 21.5. The summed E-state index contributed by atoms with van der Waals surface area (Å²) in [7, 11) is 2.08. The molecule has 2 aliphatic rings. The van der Waals surface area contributed by atoms with Gasteiger partial charge in [-0.15, -0.1) is 0 Å². The van der Waals surface area contributed by atoms with Gasteiger partial charge in [-0.3, -0.25) is 9.97 Å². The summed E-state index contributed by atoms with van der Waals surface area (Å²) in [5.41, 5.74) is 8.82. The summed E-state index contributed by atoms with van der Waals surface area (Å²) in [4.78, 5) is 16.1. The zero-order valence-electron chi connectivity index (χ0n) is 17.8. The molecular formula is C23H32ClN5O. The molecule has 0 bridgehead atoms. The molecule has 2 aromatic heterocycles. The summed E-state index contributed by atoms with van der Waals surface area (Å²) in [6.07, 6.45) is 13.1. The van der Waals surface area contributed by atoms with Gasteiger partial charge in [0.25, 0.3) is 0 Å². The summed E-state index contributed by atoms with van der Waals surface area (Å²) in [5.74, 6) is 2.15. The molecule has 4 rings (SSSR count). The normalized spacial score (nSPS) is 22.8. The molecule has 6 nitrogen and oxygen atoms in total. The number of halogens is 1. The largest absolute Gasteiger partial charge is 0.381 e. The van der Waals surface area contributed by atoms with Gasteiger partial charge in [0.2, 0.25) is 0 Å². The summed E-state index contributed by atoms with van der Waals surface area (Å²) in [6.45, 7) is 2.67. The fourth-order valence-corrected chi connectivity index (χ4v) is 4.76. The maximum Gasteiger partial charge on any atom is 0.147 e. The van der Waals surface area contributed by atoms with Crippen LogP contribution in [-0.2, 0) is 11.2 Å². The molecule has 162 valence electrons. The highest BCUT2D eigenvalue weighted by Gasteiger charge is 2.21. The van der Waals surface area contributed by atoms with Crippen LogP contribution in [0.1, 0.15) is 44.2 Å². The number of rotatable bonds is 6. The fourth-order valence-electron chi connectivity index (χ4n) is 4.56. The number of hydrogen-bond acceptors (Lipinski definition) is 6. The molecule has 1 aliphatic heterocycles. The van der Waals surface area contributed by atoms with E-state index in [-0.39, 0.29) is 0 Å². The second kappa shape index (κ2) is 10.0. The van der Waals surface area contributed by atoms with E-state index in [4.69, 9.17) is 27.1 Å². The summed E-state index contributed by atoms with van der Waals surface area (Å²) >= 11 is 6.51. The summed E-state index contributed by atoms with van der Waals surface area (Å²) in [5, 5.41) is 0.614. The quantitative estimate of drug-likeness (QED) is 0.744. The average Bonchev–Trinajstić information content (AvgIpc) is 2.77. The zero-order valence-corrected chi connectivity index (χ0v) is 18.5. The first-order chi connectivity index (χ1) is 14.6. The molecule has 1 saturated carbocycles. The minimum Gasteiger partial charge on any atom is -0.381 e. The molecular weight excluding hydrogens is 398 g/mol. The van der Waals surface area contributed by atoms with Gasteiger partial charge in [0.15, 0.2) is 0 Å². The lowest BCUT2D eigenvalue weighted by Gasteiger charge is -2.27. The Morgan fingerprint density at radius 2 is 1.83 bits per heavy atom. The monoisotopic (exact) mass is 429 g/mol. The standard InChI is InChI=1S/C23H32ClN5O/c1-29(15-17-6-8-30-9-7-17)23-14-26-13-22(28-23)20-11-19(27-12-21(20)24)10-16-2-4-18(25)5-3-16/h11-14,16-18H,2-10,15,25H2,1H3. The van der Waals surface area contributed by atoms with Crippen molar-refractivity contribution in [1.29, 1.82) is 0 Å². The maximum atomic E-state index is 6.51. The second-order valence-corrected chi connectivity index (χ2v) is 9.25. The molecule has 2 aromatic rings. The number of anilines is 1. The fraction of sp³-hybridized carbons (Fsp3) is 0.609. The van der Waals surface area contributed by atoms with E-state index in [1.54, 1.807) is 12.4 Å². The van der Waals surface area contributed by atoms with Crippen LogP contribution in [0, 0.1) is 11.8 Å². The number of nitrogens with zero attached hydrogens (tertiary/aromatic N) is 4. The van der Waals surface area contributed by atoms with Crippen molar-refractivity contribution in [3.8, 4) is 11.3 Å². The Morgan fingerprint density at radius 3 is 2.60 bits per heavy atom. The molecule has 2 N–H and O–H groups in total. The van der Waals surface area contributed by atoms with Crippen molar-refractivity contribution in [2.45, 2.75) is 51.0 Å². The third-order valence-corrected chi connectivity index (χ3v) is 6.76. The van der Waals surface area contributed by atoms with Crippen molar-refractivity contribution < 1.29 is 4.74 Å². The molecule has 0 spiro atoms. The molecule has 2 fully saturated rings. The van der Waals surface area contributed by atoms with Gasteiger partial charge >= 0.3 is 0 Å². The van der Waals surface area contributed by atoms with Gasteiger partial charge in [-0.2, -0.15) is 0 Å². The average molecular weight is 430 g/mol. The van der Waals surface area contributed by atoms with E-state index in [0.29, 0.717) is 22.9 Å². The molecule has 1 saturated heterocycles. The van der Waals surface area contributed by atoms with Crippen LogP contribution >= 0.6 is 11.6 Å². The van der Waals surface area contributed by atoms with Crippen molar-refractivity contribution in [2.75, 3.05) is 31.7 Å². The van der Waals surface area contributed by atoms with Crippen LogP contribution in [0.3, 0.4) is 0 Å². The summed E-state index contributed by atoms with van der Waals surface area (Å²) in [6, 6.07) is 2.45. The first-order valence-corrected chi connectivity index (χ1v) is 11.5. The van der Waals surface area contributed by atoms with Gasteiger partial charge in [0, 0.05) is 50.3 Å². The predicted molar refractivity (Wildman–Crippen MR) is 121 cm³/mol. The van der Waals surface area contributed by atoms with Gasteiger partial charge in [-0.1, -0.05) is 11.6 Å². The molecule has 0 radical (unpaired) electrons. The highest BCUT2D eigenvalue weighted by molar-refractivity contribution is 6.33. The minimum atomic E-state index is 0.367. The lowest BCUT2D eigenvalue weighted by Crippen LogP contribution is -2.30. The lowest BCUT2D eigenvalue weighted by atomic mass is 9.83. The highest BCUT2D eigenvalue weighted by atomic mass is 35.5. The van der Waals surface area contributed by atoms with Crippen LogP contribution in [0.25, 0.3) is 11.3 Å². The van der Waals surface area contributed by atoms with Crippen LogP contribution in [0.15, 0.2) is 24.7 Å². The van der Waals surface area contributed by atoms with Gasteiger partial charge in [0.05, 0.1) is 23.1 Å². The van der Waals surface area contributed by atoms with Crippen molar-refractivity contribution in [2.24, 2.45) is 17.6 Å². The Morgan fingerprint density at radius 1 is 1.07 bits per heavy atom. The third kappa shape index (κ3) is 5.48. The molecule has 0 atom stereocenters. The SMILES string of the molecule is CN(CC1CCOCC1)c1cncc(-c2cc(CC3CCC(N)CC3)ncc2Cl)n1. The molecule has 0 unspecified atom stereocenters. The molecule has 30 heavy (non-hydrogen) atoms. The van der Waals surface area contributed by atoms with Gasteiger partial charge < -0.3 is 15.4 Å². The van der Waals surface area contributed by atoms with Gasteiger partial charge in [-0.25, -0.2) is 4.98 Å². The molecule has 3 heterocycles. The topological polar surface area (TPSA) is 77.2 Å². The number of hydrogen-bond donors (Lipinski definition) is 1. The van der Waals surface area contributed by atoms with Gasteiger partial charge in [0.1, 0.15) is 5.82 Å². The van der Waals surface area contributed by atoms with Crippen LogP contribution in [-0.4, -0.2) is 47.8 Å². The number of nitrogens with two attached hydrogens (primary N) is 1. The van der Waals surface area contributed by atoms with E-state index in [2.05, 4.69) is 28.0 Å². The third-order valence-electron chi connectivity index (χ3n) is 6.46. The highest BCUT2D eigenvalue weighted by Crippen LogP contribution is 2.31. The Hall–Kier alpha value is -1.76. The molecule has 0 amide bonds. The lowest BCUT2D eigenvalue weighted by molar-refractivity contribution is 0.0685. The van der Waals surface area contributed by atoms with E-state index in [0.717, 1.165) is 74.6 Å². The Kier molecular flexibility index (Phi) is 7.18. The van der Waals surface area contributed by atoms with Crippen LogP contribution < -0.4 is 10.6 Å². The summed E-state index contributed by atoms with van der Waals surface area (Å²) < 4.78 is 5.47. The van der Waals surface area contributed by atoms with Crippen molar-refractivity contribution in [1.82, 2.24) is 15.0 Å². The van der Waals surface area contributed by atoms with Crippen LogP contribution in [0.2, 0.25) is 5.02 Å². The van der Waals surface area contributed by atoms with E-state index in [1.807, 2.05) is 6.20 Å². The van der Waals surface area contributed by atoms with Gasteiger partial charge in [-0.05, 0) is 62.8 Å². The number of ether oxygens (including phenoxy) is 1. The molecule has 0 aromatic carbocycles.